The van der Waals surface area contributed by atoms with E-state index in [-0.39, 0.29) is 31.1 Å². The van der Waals surface area contributed by atoms with Crippen LogP contribution in [0.25, 0.3) is 0 Å². The molecule has 0 aromatic rings. The fraction of sp³-hybridized carbons (Fsp3) is 0.903. The number of hydrogen-bond acceptors (Lipinski definition) is 6. The first kappa shape index (κ1) is 75.9. The second-order valence-electron chi connectivity index (χ2n) is 24.1. The van der Waals surface area contributed by atoms with Gasteiger partial charge in [0.1, 0.15) is 13.2 Å². The van der Waals surface area contributed by atoms with Crippen LogP contribution in [-0.4, -0.2) is 37.2 Å². The molecule has 0 aromatic heterocycles. The lowest BCUT2D eigenvalue weighted by Crippen LogP contribution is -2.30. The summed E-state index contributed by atoms with van der Waals surface area (Å²) in [5, 5.41) is 0. The molecule has 78 heavy (non-hydrogen) atoms. The Kier molecular flexibility index (Phi) is 65.6. The van der Waals surface area contributed by atoms with Crippen LogP contribution in [0.3, 0.4) is 0 Å². The molecule has 6 nitrogen and oxygen atoms in total. The molecule has 0 aliphatic heterocycles. The van der Waals surface area contributed by atoms with Gasteiger partial charge >= 0.3 is 17.9 Å². The molecule has 0 saturated carbocycles. The van der Waals surface area contributed by atoms with Crippen molar-refractivity contribution >= 4 is 17.9 Å². The second-order valence-corrected chi connectivity index (χ2v) is 24.1. The number of esters is 3. The lowest BCUT2D eigenvalue weighted by Gasteiger charge is -2.18. The summed E-state index contributed by atoms with van der Waals surface area (Å²) in [6, 6.07) is 0. The Morgan fingerprint density at radius 2 is 0.423 bits per heavy atom. The predicted molar refractivity (Wildman–Crippen MR) is 340 cm³/mol. The fourth-order valence-electron chi connectivity index (χ4n) is 10.8. The molecule has 0 amide bonds. The van der Waals surface area contributed by atoms with Gasteiger partial charge < -0.3 is 14.2 Å². The van der Waals surface area contributed by atoms with Gasteiger partial charge in [-0.2, -0.15) is 0 Å². The maximum Gasteiger partial charge on any atom is 0.306 e. The van der Waals surface area contributed by atoms with Crippen molar-refractivity contribution in [2.24, 2.45) is 0 Å². The molecule has 1 atom stereocenters. The van der Waals surface area contributed by atoms with E-state index >= 15 is 0 Å². The van der Waals surface area contributed by atoms with Crippen LogP contribution in [0.2, 0.25) is 0 Å². The van der Waals surface area contributed by atoms with Crippen molar-refractivity contribution in [3.05, 3.63) is 24.3 Å². The van der Waals surface area contributed by atoms with Gasteiger partial charge in [0.15, 0.2) is 6.10 Å². The van der Waals surface area contributed by atoms with Crippen molar-refractivity contribution in [2.75, 3.05) is 13.2 Å². The number of hydrogen-bond donors (Lipinski definition) is 0. The third kappa shape index (κ3) is 64.7. The Bertz CT molecular complexity index is 1260. The zero-order chi connectivity index (χ0) is 56.4. The molecule has 0 N–H and O–H groups in total. The molecule has 1 unspecified atom stereocenters. The normalized spacial score (nSPS) is 12.1. The highest BCUT2D eigenvalue weighted by atomic mass is 16.6. The summed E-state index contributed by atoms with van der Waals surface area (Å²) >= 11 is 0. The quantitative estimate of drug-likeness (QED) is 0.0261. The molecular formula is C72H136O6. The number of rotatable bonds is 66. The van der Waals surface area contributed by atoms with E-state index in [0.717, 1.165) is 64.2 Å². The number of unbranched alkanes of at least 4 members (excludes halogenated alkanes) is 51. The maximum atomic E-state index is 12.9. The van der Waals surface area contributed by atoms with Crippen LogP contribution in [0.5, 0.6) is 0 Å². The van der Waals surface area contributed by atoms with Gasteiger partial charge in [0, 0.05) is 19.3 Å². The van der Waals surface area contributed by atoms with Crippen LogP contribution in [0.15, 0.2) is 24.3 Å². The SMILES string of the molecule is CCCCCC/C=C\CCCCCCCC(=O)OCC(COC(=O)CCCCCCCCCCCCCCC/C=C\CCCCCCCCCC)OC(=O)CCCCCCCCCCCCCCCCCCCCCCCC. The summed E-state index contributed by atoms with van der Waals surface area (Å²) in [7, 11) is 0. The van der Waals surface area contributed by atoms with Gasteiger partial charge in [-0.25, -0.2) is 0 Å². The molecule has 0 fully saturated rings. The van der Waals surface area contributed by atoms with Crippen molar-refractivity contribution in [3.8, 4) is 0 Å². The van der Waals surface area contributed by atoms with E-state index in [1.807, 2.05) is 0 Å². The molecule has 0 aromatic carbocycles. The largest absolute Gasteiger partial charge is 0.462 e. The first-order chi connectivity index (χ1) is 38.5. The van der Waals surface area contributed by atoms with Gasteiger partial charge in [-0.3, -0.25) is 14.4 Å². The molecule has 0 heterocycles. The average Bonchev–Trinajstić information content (AvgIpc) is 3.44. The lowest BCUT2D eigenvalue weighted by atomic mass is 10.0. The van der Waals surface area contributed by atoms with Gasteiger partial charge in [-0.05, 0) is 70.6 Å². The van der Waals surface area contributed by atoms with Gasteiger partial charge in [-0.15, -0.1) is 0 Å². The van der Waals surface area contributed by atoms with E-state index in [2.05, 4.69) is 45.1 Å². The van der Waals surface area contributed by atoms with Crippen LogP contribution in [0, 0.1) is 0 Å². The van der Waals surface area contributed by atoms with Crippen LogP contribution in [-0.2, 0) is 28.6 Å². The summed E-state index contributed by atoms with van der Waals surface area (Å²) in [4.78, 5) is 38.4. The lowest BCUT2D eigenvalue weighted by molar-refractivity contribution is -0.167. The summed E-state index contributed by atoms with van der Waals surface area (Å²) < 4.78 is 17.0. The van der Waals surface area contributed by atoms with Crippen LogP contribution >= 0.6 is 0 Å². The first-order valence-electron chi connectivity index (χ1n) is 35.3. The van der Waals surface area contributed by atoms with Crippen molar-refractivity contribution in [2.45, 2.75) is 406 Å². The topological polar surface area (TPSA) is 78.9 Å². The van der Waals surface area contributed by atoms with Gasteiger partial charge in [0.05, 0.1) is 0 Å². The Morgan fingerprint density at radius 1 is 0.244 bits per heavy atom. The summed E-state index contributed by atoms with van der Waals surface area (Å²) in [5.41, 5.74) is 0. The summed E-state index contributed by atoms with van der Waals surface area (Å²) in [5.74, 6) is -0.846. The molecule has 0 bridgehead atoms. The van der Waals surface area contributed by atoms with Crippen molar-refractivity contribution in [1.29, 1.82) is 0 Å². The van der Waals surface area contributed by atoms with Gasteiger partial charge in [0.2, 0.25) is 0 Å². The third-order valence-corrected chi connectivity index (χ3v) is 16.2. The fourth-order valence-corrected chi connectivity index (χ4v) is 10.8. The molecule has 0 aliphatic rings. The minimum atomic E-state index is -0.772. The minimum Gasteiger partial charge on any atom is -0.462 e. The summed E-state index contributed by atoms with van der Waals surface area (Å²) in [6.07, 6.45) is 82.1. The number of allylic oxidation sites excluding steroid dienone is 4. The van der Waals surface area contributed by atoms with Crippen LogP contribution in [0.4, 0.5) is 0 Å². The Balaban J connectivity index is 4.22. The van der Waals surface area contributed by atoms with E-state index in [1.165, 1.54) is 295 Å². The molecule has 0 rings (SSSR count). The smallest absolute Gasteiger partial charge is 0.306 e. The van der Waals surface area contributed by atoms with Crippen molar-refractivity contribution in [3.63, 3.8) is 0 Å². The molecule has 6 heteroatoms. The zero-order valence-electron chi connectivity index (χ0n) is 53.0. The number of carbonyl (C=O) groups is 3. The van der Waals surface area contributed by atoms with Crippen molar-refractivity contribution < 1.29 is 28.6 Å². The standard InChI is InChI=1S/C72H136O6/c1-4-7-10-13-16-19-22-25-27-29-31-33-35-36-37-39-40-42-44-47-50-53-56-59-62-65-71(74)77-68-69(67-76-70(73)64-61-58-55-52-49-46-24-21-18-15-12-9-6-3)78-72(75)66-63-60-57-54-51-48-45-43-41-38-34-32-30-28-26-23-20-17-14-11-8-5-2/h21,24,29,31,69H,4-20,22-23,25-28,30,32-68H2,1-3H3/b24-21-,31-29-. The first-order valence-corrected chi connectivity index (χ1v) is 35.3. The molecule has 0 spiro atoms. The Morgan fingerprint density at radius 3 is 0.654 bits per heavy atom. The van der Waals surface area contributed by atoms with Crippen LogP contribution in [0.1, 0.15) is 400 Å². The van der Waals surface area contributed by atoms with E-state index in [9.17, 15) is 14.4 Å². The van der Waals surface area contributed by atoms with Gasteiger partial charge in [-0.1, -0.05) is 334 Å². The zero-order valence-corrected chi connectivity index (χ0v) is 53.0. The number of ether oxygens (including phenoxy) is 3. The molecule has 0 aliphatic carbocycles. The molecule has 460 valence electrons. The highest BCUT2D eigenvalue weighted by molar-refractivity contribution is 5.71. The maximum absolute atomic E-state index is 12.9. The third-order valence-electron chi connectivity index (χ3n) is 16.2. The Labute approximate surface area is 487 Å². The molecular weight excluding hydrogens is 961 g/mol. The highest BCUT2D eigenvalue weighted by Crippen LogP contribution is 2.19. The predicted octanol–water partition coefficient (Wildman–Crippen LogP) is 24.2. The van der Waals surface area contributed by atoms with E-state index in [4.69, 9.17) is 14.2 Å². The Hall–Kier alpha value is -2.11. The number of carbonyl (C=O) groups excluding carboxylic acids is 3. The minimum absolute atomic E-state index is 0.0683. The van der Waals surface area contributed by atoms with E-state index < -0.39 is 6.10 Å². The van der Waals surface area contributed by atoms with Crippen molar-refractivity contribution in [1.82, 2.24) is 0 Å². The summed E-state index contributed by atoms with van der Waals surface area (Å²) in [6.45, 7) is 6.70. The highest BCUT2D eigenvalue weighted by Gasteiger charge is 2.19. The van der Waals surface area contributed by atoms with Crippen LogP contribution < -0.4 is 0 Å². The average molecular weight is 1100 g/mol. The molecule has 0 saturated heterocycles. The monoisotopic (exact) mass is 1100 g/mol. The molecule has 0 radical (unpaired) electrons. The van der Waals surface area contributed by atoms with Gasteiger partial charge in [0.25, 0.3) is 0 Å². The second kappa shape index (κ2) is 67.4. The van der Waals surface area contributed by atoms with E-state index in [0.29, 0.717) is 19.3 Å². The van der Waals surface area contributed by atoms with E-state index in [1.54, 1.807) is 0 Å².